The molecule has 2 heterocycles. The van der Waals surface area contributed by atoms with Crippen molar-refractivity contribution in [1.82, 2.24) is 9.97 Å². The summed E-state index contributed by atoms with van der Waals surface area (Å²) < 4.78 is 5.38. The fraction of sp³-hybridized carbons (Fsp3) is 0.600. The first kappa shape index (κ1) is 10.3. The van der Waals surface area contributed by atoms with Crippen LogP contribution in [-0.4, -0.2) is 47.5 Å². The zero-order chi connectivity index (χ0) is 10.7. The molecule has 1 fully saturated rings. The monoisotopic (exact) mass is 209 g/mol. The van der Waals surface area contributed by atoms with Crippen LogP contribution in [0.3, 0.4) is 0 Å². The lowest BCUT2D eigenvalue weighted by Crippen LogP contribution is -2.44. The molecular weight excluding hydrogens is 194 g/mol. The Kier molecular flexibility index (Phi) is 3.13. The van der Waals surface area contributed by atoms with Gasteiger partial charge in [0, 0.05) is 25.5 Å². The average Bonchev–Trinajstić information content (AvgIpc) is 2.30. The maximum Gasteiger partial charge on any atom is 0.150 e. The molecule has 5 heteroatoms. The van der Waals surface area contributed by atoms with Crippen LogP contribution in [-0.2, 0) is 4.74 Å². The van der Waals surface area contributed by atoms with E-state index in [4.69, 9.17) is 9.84 Å². The smallest absolute Gasteiger partial charge is 0.150 e. The molecule has 2 rings (SSSR count). The van der Waals surface area contributed by atoms with Gasteiger partial charge in [0.2, 0.25) is 0 Å². The second-order valence-corrected chi connectivity index (χ2v) is 3.59. The molecule has 1 saturated heterocycles. The molecule has 0 aliphatic carbocycles. The van der Waals surface area contributed by atoms with Gasteiger partial charge in [0.1, 0.15) is 5.82 Å². The lowest BCUT2D eigenvalue weighted by Gasteiger charge is -2.33. The summed E-state index contributed by atoms with van der Waals surface area (Å²) in [6.45, 7) is 4.09. The molecule has 1 atom stereocenters. The molecule has 82 valence electrons. The number of nitrogens with zero attached hydrogens (tertiary/aromatic N) is 3. The van der Waals surface area contributed by atoms with Gasteiger partial charge in [0.25, 0.3) is 0 Å². The van der Waals surface area contributed by atoms with Crippen molar-refractivity contribution >= 4 is 5.82 Å². The lowest BCUT2D eigenvalue weighted by atomic mass is 10.2. The third kappa shape index (κ3) is 2.24. The minimum atomic E-state index is -0.111. The largest absolute Gasteiger partial charge is 0.394 e. The van der Waals surface area contributed by atoms with E-state index in [1.165, 1.54) is 0 Å². The van der Waals surface area contributed by atoms with Crippen molar-refractivity contribution in [2.45, 2.75) is 13.0 Å². The van der Waals surface area contributed by atoms with Crippen molar-refractivity contribution in [3.8, 4) is 0 Å². The second-order valence-electron chi connectivity index (χ2n) is 3.59. The Bertz CT molecular complexity index is 332. The van der Waals surface area contributed by atoms with E-state index in [0.29, 0.717) is 13.2 Å². The van der Waals surface area contributed by atoms with Crippen LogP contribution < -0.4 is 4.90 Å². The van der Waals surface area contributed by atoms with Crippen molar-refractivity contribution in [1.29, 1.82) is 0 Å². The maximum atomic E-state index is 9.04. The first-order valence-corrected chi connectivity index (χ1v) is 5.06. The van der Waals surface area contributed by atoms with Crippen LogP contribution in [0, 0.1) is 6.92 Å². The Hall–Kier alpha value is -1.20. The van der Waals surface area contributed by atoms with Crippen LogP contribution in [0.5, 0.6) is 0 Å². The van der Waals surface area contributed by atoms with E-state index in [1.54, 1.807) is 12.4 Å². The molecule has 15 heavy (non-hydrogen) atoms. The number of aromatic nitrogens is 2. The number of morpholine rings is 1. The van der Waals surface area contributed by atoms with E-state index in [2.05, 4.69) is 14.9 Å². The molecule has 1 N–H and O–H groups in total. The average molecular weight is 209 g/mol. The topological polar surface area (TPSA) is 58.5 Å². The number of rotatable bonds is 2. The van der Waals surface area contributed by atoms with E-state index in [9.17, 15) is 0 Å². The Morgan fingerprint density at radius 2 is 2.33 bits per heavy atom. The van der Waals surface area contributed by atoms with Crippen molar-refractivity contribution < 1.29 is 9.84 Å². The van der Waals surface area contributed by atoms with Crippen LogP contribution in [0.2, 0.25) is 0 Å². The molecule has 1 aliphatic rings. The van der Waals surface area contributed by atoms with E-state index < -0.39 is 0 Å². The maximum absolute atomic E-state index is 9.04. The molecule has 1 unspecified atom stereocenters. The fourth-order valence-electron chi connectivity index (χ4n) is 1.73. The van der Waals surface area contributed by atoms with Gasteiger partial charge in [-0.05, 0) is 6.92 Å². The number of aryl methyl sites for hydroxylation is 1. The summed E-state index contributed by atoms with van der Waals surface area (Å²) in [6.07, 6.45) is 3.26. The lowest BCUT2D eigenvalue weighted by molar-refractivity contribution is 0.00331. The van der Waals surface area contributed by atoms with E-state index in [0.717, 1.165) is 18.1 Å². The summed E-state index contributed by atoms with van der Waals surface area (Å²) in [5.41, 5.74) is 0.913. The molecule has 0 aromatic carbocycles. The molecule has 0 spiro atoms. The van der Waals surface area contributed by atoms with Gasteiger partial charge in [-0.1, -0.05) is 0 Å². The SMILES string of the molecule is Cc1nccnc1N1CCOC(CO)C1. The van der Waals surface area contributed by atoms with Crippen molar-refractivity contribution in [2.24, 2.45) is 0 Å². The quantitative estimate of drug-likeness (QED) is 0.742. The highest BCUT2D eigenvalue weighted by Crippen LogP contribution is 2.16. The number of hydrogen-bond donors (Lipinski definition) is 1. The minimum Gasteiger partial charge on any atom is -0.394 e. The van der Waals surface area contributed by atoms with E-state index in [1.807, 2.05) is 6.92 Å². The third-order valence-electron chi connectivity index (χ3n) is 2.50. The van der Waals surface area contributed by atoms with Crippen LogP contribution >= 0.6 is 0 Å². The van der Waals surface area contributed by atoms with Gasteiger partial charge in [-0.25, -0.2) is 4.98 Å². The third-order valence-corrected chi connectivity index (χ3v) is 2.50. The first-order chi connectivity index (χ1) is 7.31. The summed E-state index contributed by atoms with van der Waals surface area (Å²) in [4.78, 5) is 10.6. The van der Waals surface area contributed by atoms with Crippen LogP contribution in [0.25, 0.3) is 0 Å². The summed E-state index contributed by atoms with van der Waals surface area (Å²) in [5, 5.41) is 9.04. The normalized spacial score (nSPS) is 21.7. The summed E-state index contributed by atoms with van der Waals surface area (Å²) in [7, 11) is 0. The Morgan fingerprint density at radius 1 is 1.53 bits per heavy atom. The van der Waals surface area contributed by atoms with Gasteiger partial charge >= 0.3 is 0 Å². The second kappa shape index (κ2) is 4.55. The van der Waals surface area contributed by atoms with Gasteiger partial charge in [-0.15, -0.1) is 0 Å². The zero-order valence-electron chi connectivity index (χ0n) is 8.76. The zero-order valence-corrected chi connectivity index (χ0v) is 8.76. The molecule has 1 aliphatic heterocycles. The van der Waals surface area contributed by atoms with Gasteiger partial charge in [-0.3, -0.25) is 4.98 Å². The predicted octanol–water partition coefficient (Wildman–Crippen LogP) is -0.0175. The Morgan fingerprint density at radius 3 is 3.07 bits per heavy atom. The molecule has 0 bridgehead atoms. The number of aliphatic hydroxyl groups excluding tert-OH is 1. The van der Waals surface area contributed by atoms with E-state index >= 15 is 0 Å². The first-order valence-electron chi connectivity index (χ1n) is 5.06. The molecule has 5 nitrogen and oxygen atoms in total. The highest BCUT2D eigenvalue weighted by molar-refractivity contribution is 5.42. The summed E-state index contributed by atoms with van der Waals surface area (Å²) >= 11 is 0. The molecule has 1 aromatic heterocycles. The van der Waals surface area contributed by atoms with Crippen LogP contribution in [0.15, 0.2) is 12.4 Å². The van der Waals surface area contributed by atoms with Gasteiger partial charge in [0.05, 0.1) is 25.0 Å². The number of hydrogen-bond acceptors (Lipinski definition) is 5. The highest BCUT2D eigenvalue weighted by atomic mass is 16.5. The van der Waals surface area contributed by atoms with Gasteiger partial charge in [0.15, 0.2) is 0 Å². The van der Waals surface area contributed by atoms with E-state index in [-0.39, 0.29) is 12.7 Å². The number of anilines is 1. The number of aliphatic hydroxyl groups is 1. The molecule has 1 aromatic rings. The Balaban J connectivity index is 2.13. The molecule has 0 saturated carbocycles. The highest BCUT2D eigenvalue weighted by Gasteiger charge is 2.21. The summed E-state index contributed by atoms with van der Waals surface area (Å²) in [6, 6.07) is 0. The molecule has 0 radical (unpaired) electrons. The molecular formula is C10H15N3O2. The minimum absolute atomic E-state index is 0.0514. The molecule has 0 amide bonds. The predicted molar refractivity (Wildman–Crippen MR) is 55.8 cm³/mol. The van der Waals surface area contributed by atoms with Crippen LogP contribution in [0.4, 0.5) is 5.82 Å². The van der Waals surface area contributed by atoms with Crippen LogP contribution in [0.1, 0.15) is 5.69 Å². The van der Waals surface area contributed by atoms with Gasteiger partial charge in [-0.2, -0.15) is 0 Å². The standard InChI is InChI=1S/C10H15N3O2/c1-8-10(12-3-2-11-8)13-4-5-15-9(6-13)7-14/h2-3,9,14H,4-7H2,1H3. The summed E-state index contributed by atoms with van der Waals surface area (Å²) in [5.74, 6) is 0.888. The fourth-order valence-corrected chi connectivity index (χ4v) is 1.73. The number of ether oxygens (including phenoxy) is 1. The van der Waals surface area contributed by atoms with Crippen molar-refractivity contribution in [3.63, 3.8) is 0 Å². The van der Waals surface area contributed by atoms with Crippen molar-refractivity contribution in [3.05, 3.63) is 18.1 Å². The van der Waals surface area contributed by atoms with Crippen molar-refractivity contribution in [2.75, 3.05) is 31.2 Å². The Labute approximate surface area is 88.7 Å². The van der Waals surface area contributed by atoms with Gasteiger partial charge < -0.3 is 14.7 Å².